The molecule has 0 aliphatic heterocycles. The van der Waals surface area contributed by atoms with Crippen LogP contribution >= 0.6 is 0 Å². The van der Waals surface area contributed by atoms with E-state index in [9.17, 15) is 9.90 Å². The summed E-state index contributed by atoms with van der Waals surface area (Å²) in [6.07, 6.45) is 5.45. The zero-order valence-corrected chi connectivity index (χ0v) is 15.5. The molecule has 4 heteroatoms. The molecule has 0 amide bonds. The molecule has 0 aliphatic rings. The number of phenolic OH excluding ortho intramolecular Hbond substituents is 1. The van der Waals surface area contributed by atoms with Gasteiger partial charge in [-0.3, -0.25) is 4.79 Å². The van der Waals surface area contributed by atoms with Crippen molar-refractivity contribution in [2.75, 3.05) is 12.4 Å². The number of anilines is 1. The lowest BCUT2D eigenvalue weighted by molar-refractivity contribution is 0.104. The smallest absolute Gasteiger partial charge is 0.185 e. The van der Waals surface area contributed by atoms with Gasteiger partial charge in [0.1, 0.15) is 11.5 Å². The highest BCUT2D eigenvalue weighted by molar-refractivity contribution is 6.07. The third-order valence-corrected chi connectivity index (χ3v) is 3.81. The van der Waals surface area contributed by atoms with Crippen LogP contribution in [0.25, 0.3) is 6.08 Å². The first-order valence-electron chi connectivity index (χ1n) is 8.58. The van der Waals surface area contributed by atoms with Crippen LogP contribution in [0.5, 0.6) is 11.5 Å². The summed E-state index contributed by atoms with van der Waals surface area (Å²) in [6, 6.07) is 10.7. The van der Waals surface area contributed by atoms with Crippen molar-refractivity contribution in [1.82, 2.24) is 0 Å². The first-order valence-corrected chi connectivity index (χ1v) is 8.58. The molecule has 2 N–H and O–H groups in total. The molecule has 0 aliphatic carbocycles. The molecule has 0 heterocycles. The van der Waals surface area contributed by atoms with Crippen LogP contribution in [-0.4, -0.2) is 24.0 Å². The number of aromatic hydroxyl groups is 1. The summed E-state index contributed by atoms with van der Waals surface area (Å²) in [6.45, 7) is 7.53. The monoisotopic (exact) mass is 351 g/mol. The average Bonchev–Trinajstić information content (AvgIpc) is 2.62. The largest absolute Gasteiger partial charge is 0.508 e. The zero-order chi connectivity index (χ0) is 19.1. The maximum Gasteiger partial charge on any atom is 0.185 e. The molecule has 0 bridgehead atoms. The third kappa shape index (κ3) is 4.99. The number of phenols is 1. The van der Waals surface area contributed by atoms with Crippen molar-refractivity contribution < 1.29 is 14.6 Å². The quantitative estimate of drug-likeness (QED) is 0.406. The Morgan fingerprint density at radius 2 is 1.96 bits per heavy atom. The van der Waals surface area contributed by atoms with E-state index in [0.29, 0.717) is 17.7 Å². The molecule has 0 atom stereocenters. The second-order valence-electron chi connectivity index (χ2n) is 6.20. The van der Waals surface area contributed by atoms with Crippen molar-refractivity contribution in [2.24, 2.45) is 0 Å². The Kier molecular flexibility index (Phi) is 6.61. The van der Waals surface area contributed by atoms with E-state index in [4.69, 9.17) is 4.74 Å². The number of allylic oxidation sites excluding steroid dienone is 2. The summed E-state index contributed by atoms with van der Waals surface area (Å²) in [4.78, 5) is 12.4. The number of rotatable bonds is 8. The number of carbonyl (C=O) groups excluding carboxylic acids is 1. The number of hydrogen-bond donors (Lipinski definition) is 2. The topological polar surface area (TPSA) is 58.6 Å². The number of ether oxygens (including phenoxy) is 1. The van der Waals surface area contributed by atoms with Crippen LogP contribution in [0.15, 0.2) is 55.1 Å². The molecule has 0 fully saturated rings. The Morgan fingerprint density at radius 1 is 1.27 bits per heavy atom. The maximum atomic E-state index is 12.4. The summed E-state index contributed by atoms with van der Waals surface area (Å²) in [5, 5.41) is 13.2. The van der Waals surface area contributed by atoms with Gasteiger partial charge in [-0.1, -0.05) is 6.08 Å². The first kappa shape index (κ1) is 19.3. The van der Waals surface area contributed by atoms with E-state index in [1.807, 2.05) is 39.1 Å². The predicted octanol–water partition coefficient (Wildman–Crippen LogP) is 4.85. The summed E-state index contributed by atoms with van der Waals surface area (Å²) in [5.41, 5.74) is 3.04. The number of carbonyl (C=O) groups is 1. The Labute approximate surface area is 154 Å². The van der Waals surface area contributed by atoms with E-state index in [1.165, 1.54) is 6.08 Å². The fourth-order valence-electron chi connectivity index (χ4n) is 2.50. The van der Waals surface area contributed by atoms with E-state index >= 15 is 0 Å². The molecule has 0 aromatic heterocycles. The lowest BCUT2D eigenvalue weighted by atomic mass is 10.0. The maximum absolute atomic E-state index is 12.4. The molecule has 2 aromatic rings. The number of ketones is 1. The third-order valence-electron chi connectivity index (χ3n) is 3.81. The van der Waals surface area contributed by atoms with Gasteiger partial charge in [-0.15, -0.1) is 6.58 Å². The van der Waals surface area contributed by atoms with Gasteiger partial charge in [-0.2, -0.15) is 0 Å². The molecule has 0 saturated heterocycles. The van der Waals surface area contributed by atoms with E-state index < -0.39 is 0 Å². The van der Waals surface area contributed by atoms with Gasteiger partial charge >= 0.3 is 0 Å². The molecular formula is C22H25NO3. The van der Waals surface area contributed by atoms with Crippen LogP contribution in [0.3, 0.4) is 0 Å². The van der Waals surface area contributed by atoms with Gasteiger partial charge in [-0.25, -0.2) is 0 Å². The molecular weight excluding hydrogens is 326 g/mol. The van der Waals surface area contributed by atoms with Gasteiger partial charge in [0.2, 0.25) is 0 Å². The van der Waals surface area contributed by atoms with Crippen molar-refractivity contribution in [3.63, 3.8) is 0 Å². The molecule has 0 unspecified atom stereocenters. The van der Waals surface area contributed by atoms with E-state index in [1.54, 1.807) is 30.4 Å². The molecule has 0 radical (unpaired) electrons. The highest BCUT2D eigenvalue weighted by Crippen LogP contribution is 2.31. The van der Waals surface area contributed by atoms with Crippen molar-refractivity contribution in [2.45, 2.75) is 26.4 Å². The van der Waals surface area contributed by atoms with Crippen LogP contribution in [0.1, 0.15) is 35.3 Å². The van der Waals surface area contributed by atoms with Gasteiger partial charge in [0.05, 0.1) is 6.10 Å². The molecule has 2 rings (SSSR count). The molecule has 2 aromatic carbocycles. The Hall–Kier alpha value is -3.01. The van der Waals surface area contributed by atoms with E-state index in [2.05, 4.69) is 11.9 Å². The summed E-state index contributed by atoms with van der Waals surface area (Å²) in [7, 11) is 1.83. The summed E-state index contributed by atoms with van der Waals surface area (Å²) >= 11 is 0. The average molecular weight is 351 g/mol. The van der Waals surface area contributed by atoms with Gasteiger partial charge in [-0.05, 0) is 68.3 Å². The minimum Gasteiger partial charge on any atom is -0.508 e. The van der Waals surface area contributed by atoms with Gasteiger partial charge in [0.25, 0.3) is 0 Å². The molecule has 136 valence electrons. The number of hydrogen-bond acceptors (Lipinski definition) is 4. The number of nitrogens with one attached hydrogen (secondary N) is 1. The fraction of sp³-hybridized carbons (Fsp3) is 0.227. The molecule has 0 saturated carbocycles. The van der Waals surface area contributed by atoms with Crippen molar-refractivity contribution in [3.05, 3.63) is 71.8 Å². The predicted molar refractivity (Wildman–Crippen MR) is 107 cm³/mol. The molecule has 26 heavy (non-hydrogen) atoms. The molecule has 4 nitrogen and oxygen atoms in total. The Morgan fingerprint density at radius 3 is 2.54 bits per heavy atom. The Balaban J connectivity index is 2.31. The van der Waals surface area contributed by atoms with Crippen LogP contribution in [0.2, 0.25) is 0 Å². The second kappa shape index (κ2) is 8.90. The SMILES string of the molecule is C=CCc1cc(C=CC(=O)c2ccc(NC)cc2)c(OC(C)C)cc1O. The van der Waals surface area contributed by atoms with Gasteiger partial charge < -0.3 is 15.2 Å². The van der Waals surface area contributed by atoms with Crippen LogP contribution in [-0.2, 0) is 6.42 Å². The minimum absolute atomic E-state index is 0.0448. The lowest BCUT2D eigenvalue weighted by Crippen LogP contribution is -2.07. The van der Waals surface area contributed by atoms with Crippen molar-refractivity contribution in [3.8, 4) is 11.5 Å². The first-order chi connectivity index (χ1) is 12.4. The summed E-state index contributed by atoms with van der Waals surface area (Å²) in [5.74, 6) is 0.605. The van der Waals surface area contributed by atoms with Gasteiger partial charge in [0, 0.05) is 29.9 Å². The molecule has 0 spiro atoms. The normalized spacial score (nSPS) is 10.9. The van der Waals surface area contributed by atoms with Crippen LogP contribution < -0.4 is 10.1 Å². The van der Waals surface area contributed by atoms with E-state index in [0.717, 1.165) is 16.8 Å². The summed E-state index contributed by atoms with van der Waals surface area (Å²) < 4.78 is 5.77. The van der Waals surface area contributed by atoms with Crippen molar-refractivity contribution >= 4 is 17.5 Å². The van der Waals surface area contributed by atoms with Crippen LogP contribution in [0.4, 0.5) is 5.69 Å². The van der Waals surface area contributed by atoms with Gasteiger partial charge in [0.15, 0.2) is 5.78 Å². The second-order valence-corrected chi connectivity index (χ2v) is 6.20. The standard InChI is InChI=1S/C22H25NO3/c1-5-6-17-13-18(22(14-21(17)25)26-15(2)3)9-12-20(24)16-7-10-19(23-4)11-8-16/h5,7-15,23,25H,1,6H2,2-4H3. The van der Waals surface area contributed by atoms with Crippen LogP contribution in [0, 0.1) is 0 Å². The lowest BCUT2D eigenvalue weighted by Gasteiger charge is -2.15. The highest BCUT2D eigenvalue weighted by Gasteiger charge is 2.10. The Bertz CT molecular complexity index is 805. The minimum atomic E-state index is -0.0958. The zero-order valence-electron chi connectivity index (χ0n) is 15.5. The van der Waals surface area contributed by atoms with E-state index in [-0.39, 0.29) is 17.6 Å². The highest BCUT2D eigenvalue weighted by atomic mass is 16.5. The fourth-order valence-corrected chi connectivity index (χ4v) is 2.50. The van der Waals surface area contributed by atoms with Crippen molar-refractivity contribution in [1.29, 1.82) is 0 Å². The number of benzene rings is 2.